The first-order valence-electron chi connectivity index (χ1n) is 9.65. The zero-order valence-electron chi connectivity index (χ0n) is 16.7. The lowest BCUT2D eigenvalue weighted by Crippen LogP contribution is -2.43. The van der Waals surface area contributed by atoms with Crippen LogP contribution in [0.15, 0.2) is 55.1 Å². The number of nitrogens with zero attached hydrogens (tertiary/aromatic N) is 2. The average molecular weight is 398 g/mol. The molecule has 1 amide bonds. The Bertz CT molecular complexity index is 881. The molecule has 7 heteroatoms. The molecule has 0 bridgehead atoms. The number of amides is 1. The smallest absolute Gasteiger partial charge is 0.293 e. The van der Waals surface area contributed by atoms with E-state index in [1.165, 1.54) is 12.2 Å². The third-order valence-corrected chi connectivity index (χ3v) is 5.50. The van der Waals surface area contributed by atoms with Gasteiger partial charge in [0.1, 0.15) is 11.8 Å². The van der Waals surface area contributed by atoms with Gasteiger partial charge in [-0.2, -0.15) is 0 Å². The highest BCUT2D eigenvalue weighted by Gasteiger charge is 2.49. The highest BCUT2D eigenvalue weighted by molar-refractivity contribution is 5.92. The maximum atomic E-state index is 12.6. The highest BCUT2D eigenvalue weighted by Crippen LogP contribution is 2.40. The molecule has 0 unspecified atom stereocenters. The molecule has 0 saturated carbocycles. The Morgan fingerprint density at radius 3 is 2.86 bits per heavy atom. The van der Waals surface area contributed by atoms with E-state index in [0.717, 1.165) is 11.3 Å². The number of hydroxylamine groups is 2. The molecule has 2 aliphatic heterocycles. The van der Waals surface area contributed by atoms with Crippen molar-refractivity contribution in [2.24, 2.45) is 0 Å². The Balaban J connectivity index is 1.50. The van der Waals surface area contributed by atoms with E-state index in [4.69, 9.17) is 19.0 Å². The van der Waals surface area contributed by atoms with Crippen LogP contribution in [0.1, 0.15) is 28.2 Å². The van der Waals surface area contributed by atoms with E-state index in [1.54, 1.807) is 19.2 Å². The fourth-order valence-electron chi connectivity index (χ4n) is 3.87. The molecule has 0 aliphatic carbocycles. The molecule has 3 atom stereocenters. The molecule has 1 fully saturated rings. The first kappa shape index (κ1) is 19.8. The van der Waals surface area contributed by atoms with Gasteiger partial charge in [-0.25, -0.2) is 5.06 Å². The lowest BCUT2D eigenvalue weighted by molar-refractivity contribution is -0.246. The number of fused-ring (bicyclic) bond motifs is 1. The molecule has 1 aromatic heterocycles. The molecule has 4 rings (SSSR count). The Hall–Kier alpha value is -2.45. The van der Waals surface area contributed by atoms with Crippen molar-refractivity contribution in [3.8, 4) is 0 Å². The number of benzene rings is 1. The first-order valence-corrected chi connectivity index (χ1v) is 9.65. The van der Waals surface area contributed by atoms with Gasteiger partial charge in [0.05, 0.1) is 33.0 Å². The predicted octanol–water partition coefficient (Wildman–Crippen LogP) is 2.91. The summed E-state index contributed by atoms with van der Waals surface area (Å²) in [6.07, 6.45) is 1.85. The van der Waals surface area contributed by atoms with Crippen molar-refractivity contribution in [3.63, 3.8) is 0 Å². The Kier molecular flexibility index (Phi) is 5.56. The van der Waals surface area contributed by atoms with Crippen molar-refractivity contribution in [1.29, 1.82) is 0 Å². The van der Waals surface area contributed by atoms with Gasteiger partial charge < -0.3 is 18.8 Å². The van der Waals surface area contributed by atoms with Gasteiger partial charge in [-0.1, -0.05) is 36.4 Å². The maximum Gasteiger partial charge on any atom is 0.293 e. The van der Waals surface area contributed by atoms with Crippen LogP contribution in [-0.4, -0.2) is 47.7 Å². The average Bonchev–Trinajstić information content (AvgIpc) is 3.32. The summed E-state index contributed by atoms with van der Waals surface area (Å²) in [5.74, 6) is -1.07. The van der Waals surface area contributed by atoms with Crippen molar-refractivity contribution in [3.05, 3.63) is 72.1 Å². The van der Waals surface area contributed by atoms with Crippen molar-refractivity contribution in [2.45, 2.75) is 44.2 Å². The number of aromatic nitrogens is 1. The molecule has 154 valence electrons. The first-order chi connectivity index (χ1) is 14.0. The molecule has 2 aromatic rings. The molecule has 1 saturated heterocycles. The van der Waals surface area contributed by atoms with E-state index in [0.29, 0.717) is 31.9 Å². The Morgan fingerprint density at radius 2 is 2.14 bits per heavy atom. The number of rotatable bonds is 6. The van der Waals surface area contributed by atoms with E-state index in [9.17, 15) is 4.79 Å². The zero-order chi connectivity index (χ0) is 20.4. The fourth-order valence-corrected chi connectivity index (χ4v) is 3.87. The van der Waals surface area contributed by atoms with E-state index in [2.05, 4.69) is 6.58 Å². The largest absolute Gasteiger partial charge is 0.370 e. The molecule has 3 heterocycles. The predicted molar refractivity (Wildman–Crippen MR) is 106 cm³/mol. The molecular weight excluding hydrogens is 372 g/mol. The van der Waals surface area contributed by atoms with Gasteiger partial charge in [0.25, 0.3) is 5.91 Å². The molecule has 0 N–H and O–H groups in total. The van der Waals surface area contributed by atoms with Crippen LogP contribution in [0.5, 0.6) is 0 Å². The summed E-state index contributed by atoms with van der Waals surface area (Å²) in [6, 6.07) is 13.7. The van der Waals surface area contributed by atoms with Gasteiger partial charge in [-0.05, 0) is 17.7 Å². The van der Waals surface area contributed by atoms with Gasteiger partial charge in [-0.3, -0.25) is 9.63 Å². The number of carbonyl (C=O) groups is 1. The van der Waals surface area contributed by atoms with Gasteiger partial charge in [-0.15, -0.1) is 6.58 Å². The standard InChI is InChI=1S/C22H26N2O5/c1-4-19-20(27-13-16-8-6-5-7-9-16)12-22(29-19)15-24-17(14-28-22)10-11-18(24)21(25)23(2)26-3/h4-11,19-20H,1,12-15H2,2-3H3/t19-,20+,22-/m1/s1. The second-order valence-corrected chi connectivity index (χ2v) is 7.34. The third kappa shape index (κ3) is 3.86. The molecule has 2 aliphatic rings. The molecule has 1 spiro atoms. The monoisotopic (exact) mass is 398 g/mol. The van der Waals surface area contributed by atoms with Gasteiger partial charge in [0.2, 0.25) is 0 Å². The minimum Gasteiger partial charge on any atom is -0.370 e. The van der Waals surface area contributed by atoms with Crippen molar-refractivity contribution in [1.82, 2.24) is 9.63 Å². The van der Waals surface area contributed by atoms with Crippen LogP contribution < -0.4 is 0 Å². The van der Waals surface area contributed by atoms with Gasteiger partial charge in [0.15, 0.2) is 5.79 Å². The number of hydrogen-bond donors (Lipinski definition) is 0. The summed E-state index contributed by atoms with van der Waals surface area (Å²) in [5.41, 5.74) is 2.57. The second-order valence-electron chi connectivity index (χ2n) is 7.34. The second kappa shape index (κ2) is 8.12. The molecular formula is C22H26N2O5. The van der Waals surface area contributed by atoms with Crippen LogP contribution in [0.3, 0.4) is 0 Å². The lowest BCUT2D eigenvalue weighted by Gasteiger charge is -2.35. The van der Waals surface area contributed by atoms with Crippen molar-refractivity contribution < 1.29 is 23.8 Å². The topological polar surface area (TPSA) is 62.2 Å². The SMILES string of the molecule is C=C[C@H]1O[C@]2(C[C@@H]1OCc1ccccc1)Cn1c(ccc1C(=O)N(C)OC)CO2. The summed E-state index contributed by atoms with van der Waals surface area (Å²) in [6.45, 7) is 5.15. The van der Waals surface area contributed by atoms with Gasteiger partial charge >= 0.3 is 0 Å². The highest BCUT2D eigenvalue weighted by atomic mass is 16.7. The normalized spacial score (nSPS) is 25.7. The van der Waals surface area contributed by atoms with Crippen LogP contribution in [0.2, 0.25) is 0 Å². The maximum absolute atomic E-state index is 12.6. The van der Waals surface area contributed by atoms with Crippen LogP contribution in [0.25, 0.3) is 0 Å². The fraction of sp³-hybridized carbons (Fsp3) is 0.409. The molecule has 7 nitrogen and oxygen atoms in total. The minimum absolute atomic E-state index is 0.175. The number of ether oxygens (including phenoxy) is 3. The third-order valence-electron chi connectivity index (χ3n) is 5.50. The summed E-state index contributed by atoms with van der Waals surface area (Å²) >= 11 is 0. The molecule has 29 heavy (non-hydrogen) atoms. The van der Waals surface area contributed by atoms with Crippen molar-refractivity contribution in [2.75, 3.05) is 14.2 Å². The Labute approximate surface area is 170 Å². The number of carbonyl (C=O) groups excluding carboxylic acids is 1. The summed E-state index contributed by atoms with van der Waals surface area (Å²) in [7, 11) is 3.05. The van der Waals surface area contributed by atoms with Crippen molar-refractivity contribution >= 4 is 5.91 Å². The lowest BCUT2D eigenvalue weighted by atomic mass is 10.1. The zero-order valence-corrected chi connectivity index (χ0v) is 16.7. The molecule has 1 aromatic carbocycles. The van der Waals surface area contributed by atoms with Crippen LogP contribution in [0.4, 0.5) is 0 Å². The van der Waals surface area contributed by atoms with Crippen LogP contribution in [-0.2, 0) is 38.8 Å². The van der Waals surface area contributed by atoms with Crippen LogP contribution in [0, 0.1) is 0 Å². The number of hydrogen-bond acceptors (Lipinski definition) is 5. The Morgan fingerprint density at radius 1 is 1.34 bits per heavy atom. The summed E-state index contributed by atoms with van der Waals surface area (Å²) in [4.78, 5) is 17.7. The minimum atomic E-state index is -0.854. The quantitative estimate of drug-likeness (QED) is 0.553. The van der Waals surface area contributed by atoms with Crippen LogP contribution >= 0.6 is 0 Å². The van der Waals surface area contributed by atoms with E-state index in [1.807, 2.05) is 41.0 Å². The van der Waals surface area contributed by atoms with E-state index >= 15 is 0 Å². The van der Waals surface area contributed by atoms with E-state index in [-0.39, 0.29) is 18.1 Å². The van der Waals surface area contributed by atoms with E-state index < -0.39 is 5.79 Å². The van der Waals surface area contributed by atoms with Gasteiger partial charge in [0, 0.05) is 19.2 Å². The summed E-state index contributed by atoms with van der Waals surface area (Å²) < 4.78 is 20.5. The molecule has 0 radical (unpaired) electrons. The summed E-state index contributed by atoms with van der Waals surface area (Å²) in [5, 5.41) is 1.21.